The van der Waals surface area contributed by atoms with Crippen molar-refractivity contribution >= 4 is 12.3 Å². The molecule has 0 heterocycles. The summed E-state index contributed by atoms with van der Waals surface area (Å²) >= 11 is 0. The van der Waals surface area contributed by atoms with Crippen LogP contribution in [0, 0.1) is 5.92 Å². The van der Waals surface area contributed by atoms with Crippen LogP contribution in [0.25, 0.3) is 0 Å². The van der Waals surface area contributed by atoms with Crippen molar-refractivity contribution in [3.05, 3.63) is 54.6 Å². The highest BCUT2D eigenvalue weighted by molar-refractivity contribution is 5.69. The van der Waals surface area contributed by atoms with Gasteiger partial charge in [0.15, 0.2) is 6.29 Å². The normalized spacial score (nSPS) is 13.5. The topological polar surface area (TPSA) is 52.6 Å². The monoisotopic (exact) mass is 416 g/mol. The number of hydrogen-bond donors (Lipinski definition) is 0. The first-order valence-corrected chi connectivity index (χ1v) is 11.1. The summed E-state index contributed by atoms with van der Waals surface area (Å²) in [6.45, 7) is 7.95. The van der Waals surface area contributed by atoms with Crippen molar-refractivity contribution in [3.63, 3.8) is 0 Å². The molecule has 1 fully saturated rings. The van der Waals surface area contributed by atoms with Gasteiger partial charge in [-0.15, -0.1) is 0 Å². The number of esters is 1. The van der Waals surface area contributed by atoms with E-state index in [0.717, 1.165) is 30.8 Å². The van der Waals surface area contributed by atoms with Crippen LogP contribution in [0.1, 0.15) is 72.6 Å². The van der Waals surface area contributed by atoms with E-state index in [2.05, 4.69) is 25.2 Å². The maximum atomic E-state index is 11.0. The number of carbonyl (C=O) groups is 2. The Morgan fingerprint density at radius 2 is 1.77 bits per heavy atom. The minimum atomic E-state index is -0.0884. The Bertz CT molecular complexity index is 584. The van der Waals surface area contributed by atoms with Gasteiger partial charge in [-0.3, -0.25) is 9.59 Å². The number of para-hydroxylation sites is 1. The largest absolute Gasteiger partial charge is 0.486 e. The fourth-order valence-electron chi connectivity index (χ4n) is 2.92. The number of rotatable bonds is 9. The van der Waals surface area contributed by atoms with E-state index in [1.165, 1.54) is 25.7 Å². The number of hydrogen-bond acceptors (Lipinski definition) is 4. The number of benzene rings is 1. The molecular formula is C26H40O4. The zero-order chi connectivity index (χ0) is 22.5. The van der Waals surface area contributed by atoms with Gasteiger partial charge in [0.1, 0.15) is 12.4 Å². The second-order valence-corrected chi connectivity index (χ2v) is 7.36. The third-order valence-corrected chi connectivity index (χ3v) is 4.28. The van der Waals surface area contributed by atoms with E-state index in [1.54, 1.807) is 0 Å². The lowest BCUT2D eigenvalue weighted by atomic mass is 10.1. The van der Waals surface area contributed by atoms with Crippen molar-refractivity contribution in [3.8, 4) is 5.75 Å². The molecule has 0 aliphatic heterocycles. The van der Waals surface area contributed by atoms with Gasteiger partial charge >= 0.3 is 5.97 Å². The lowest BCUT2D eigenvalue weighted by Crippen LogP contribution is -2.10. The van der Waals surface area contributed by atoms with E-state index in [1.807, 2.05) is 57.2 Å². The van der Waals surface area contributed by atoms with Crippen LogP contribution in [-0.4, -0.2) is 25.0 Å². The molecule has 1 aromatic carbocycles. The van der Waals surface area contributed by atoms with Crippen molar-refractivity contribution < 1.29 is 19.1 Å². The van der Waals surface area contributed by atoms with Crippen LogP contribution in [-0.2, 0) is 14.3 Å². The number of ether oxygens (including phenoxy) is 2. The summed E-state index contributed by atoms with van der Waals surface area (Å²) in [6.07, 6.45) is 17.5. The minimum absolute atomic E-state index is 0.0132. The average Bonchev–Trinajstić information content (AvgIpc) is 3.25. The number of aldehydes is 1. The third-order valence-electron chi connectivity index (χ3n) is 4.28. The standard InChI is InChI=1S/C10H18O2.C8H8O2.C8H14/c1-4-5-6-7-8-10(11)12-9(2)3;9-6-7-10-8-4-2-1-3-5-8;1-2-5-8-6-3-4-7-8/h4-5,9H,6-8H2,1-3H3;1-6H,7H2;2,5,8H,3-4,6-7H2,1H3/b5-4-;;5-2+. The van der Waals surface area contributed by atoms with E-state index in [-0.39, 0.29) is 18.7 Å². The maximum Gasteiger partial charge on any atom is 0.306 e. The molecule has 168 valence electrons. The van der Waals surface area contributed by atoms with E-state index in [4.69, 9.17) is 9.47 Å². The summed E-state index contributed by atoms with van der Waals surface area (Å²) < 4.78 is 9.95. The lowest BCUT2D eigenvalue weighted by molar-refractivity contribution is -0.147. The van der Waals surface area contributed by atoms with Crippen LogP contribution < -0.4 is 4.74 Å². The molecule has 1 aliphatic rings. The van der Waals surface area contributed by atoms with Gasteiger partial charge in [0.25, 0.3) is 0 Å². The number of carbonyl (C=O) groups excluding carboxylic acids is 2. The van der Waals surface area contributed by atoms with Gasteiger partial charge in [-0.25, -0.2) is 0 Å². The molecule has 0 bridgehead atoms. The molecule has 4 nitrogen and oxygen atoms in total. The number of unbranched alkanes of at least 4 members (excludes halogenated alkanes) is 1. The maximum absolute atomic E-state index is 11.0. The Labute approximate surface area is 183 Å². The second-order valence-electron chi connectivity index (χ2n) is 7.36. The Kier molecular flexibility index (Phi) is 18.4. The Hall–Kier alpha value is -2.36. The van der Waals surface area contributed by atoms with Gasteiger partial charge in [0.05, 0.1) is 6.10 Å². The first kappa shape index (κ1) is 27.6. The summed E-state index contributed by atoms with van der Waals surface area (Å²) in [7, 11) is 0. The second kappa shape index (κ2) is 19.9. The molecule has 30 heavy (non-hydrogen) atoms. The molecule has 2 rings (SSSR count). The van der Waals surface area contributed by atoms with Crippen LogP contribution in [0.2, 0.25) is 0 Å². The van der Waals surface area contributed by atoms with Crippen LogP contribution in [0.3, 0.4) is 0 Å². The molecule has 0 amide bonds. The van der Waals surface area contributed by atoms with E-state index in [0.29, 0.717) is 6.42 Å². The third kappa shape index (κ3) is 17.7. The Morgan fingerprint density at radius 1 is 1.10 bits per heavy atom. The molecule has 0 spiro atoms. The highest BCUT2D eigenvalue weighted by Gasteiger charge is 2.10. The Balaban J connectivity index is 0.000000428. The molecule has 0 aromatic heterocycles. The molecule has 0 saturated heterocycles. The van der Waals surface area contributed by atoms with Crippen molar-refractivity contribution in [1.82, 2.24) is 0 Å². The zero-order valence-electron chi connectivity index (χ0n) is 19.2. The fourth-order valence-corrected chi connectivity index (χ4v) is 2.92. The highest BCUT2D eigenvalue weighted by Crippen LogP contribution is 2.25. The average molecular weight is 417 g/mol. The molecule has 0 atom stereocenters. The van der Waals surface area contributed by atoms with Crippen LogP contribution in [0.5, 0.6) is 5.75 Å². The Morgan fingerprint density at radius 3 is 2.30 bits per heavy atom. The molecule has 1 saturated carbocycles. The van der Waals surface area contributed by atoms with Crippen LogP contribution in [0.15, 0.2) is 54.6 Å². The smallest absolute Gasteiger partial charge is 0.306 e. The minimum Gasteiger partial charge on any atom is -0.486 e. The summed E-state index contributed by atoms with van der Waals surface area (Å²) in [4.78, 5) is 20.8. The summed E-state index contributed by atoms with van der Waals surface area (Å²) in [5.41, 5.74) is 0. The SMILES string of the molecule is C/C=C/C1CCCC1.C/C=C\CCCC(=O)OC(C)C.O=CCOc1ccccc1. The fraction of sp³-hybridized carbons (Fsp3) is 0.538. The van der Waals surface area contributed by atoms with E-state index < -0.39 is 0 Å². The summed E-state index contributed by atoms with van der Waals surface area (Å²) in [5.74, 6) is 1.57. The molecule has 1 aliphatic carbocycles. The van der Waals surface area contributed by atoms with E-state index >= 15 is 0 Å². The van der Waals surface area contributed by atoms with Crippen LogP contribution >= 0.6 is 0 Å². The lowest BCUT2D eigenvalue weighted by Gasteiger charge is -2.06. The van der Waals surface area contributed by atoms with Crippen molar-refractivity contribution in [2.45, 2.75) is 78.7 Å². The van der Waals surface area contributed by atoms with Crippen LogP contribution in [0.4, 0.5) is 0 Å². The quantitative estimate of drug-likeness (QED) is 0.194. The van der Waals surface area contributed by atoms with Gasteiger partial charge < -0.3 is 9.47 Å². The molecule has 0 radical (unpaired) electrons. The van der Waals surface area contributed by atoms with Gasteiger partial charge in [0, 0.05) is 6.42 Å². The first-order valence-electron chi connectivity index (χ1n) is 11.1. The summed E-state index contributed by atoms with van der Waals surface area (Å²) in [5, 5.41) is 0. The molecule has 0 N–H and O–H groups in total. The molecule has 4 heteroatoms. The van der Waals surface area contributed by atoms with Crippen molar-refractivity contribution in [2.24, 2.45) is 5.92 Å². The van der Waals surface area contributed by atoms with Gasteiger partial charge in [-0.1, -0.05) is 55.3 Å². The molecule has 1 aromatic rings. The first-order chi connectivity index (χ1) is 14.5. The highest BCUT2D eigenvalue weighted by atomic mass is 16.5. The number of allylic oxidation sites excluding steroid dienone is 4. The van der Waals surface area contributed by atoms with E-state index in [9.17, 15) is 9.59 Å². The van der Waals surface area contributed by atoms with Gasteiger partial charge in [0.2, 0.25) is 0 Å². The van der Waals surface area contributed by atoms with Gasteiger partial charge in [-0.05, 0) is 71.4 Å². The van der Waals surface area contributed by atoms with Gasteiger partial charge in [-0.2, -0.15) is 0 Å². The zero-order valence-corrected chi connectivity index (χ0v) is 19.2. The predicted molar refractivity (Wildman–Crippen MR) is 125 cm³/mol. The predicted octanol–water partition coefficient (Wildman–Crippen LogP) is 6.70. The molecular weight excluding hydrogens is 376 g/mol. The molecule has 0 unspecified atom stereocenters. The summed E-state index contributed by atoms with van der Waals surface area (Å²) in [6, 6.07) is 9.24. The van der Waals surface area contributed by atoms with Crippen molar-refractivity contribution in [1.29, 1.82) is 0 Å². The van der Waals surface area contributed by atoms with Crippen molar-refractivity contribution in [2.75, 3.05) is 6.61 Å².